The third-order valence-corrected chi connectivity index (χ3v) is 1.84. The standard InChI is InChI=1S/C10H16N2O3/c1-7(2)10(15)12(9(4)14)6-5-11-8(3)13/h1,5-6H2,2-4H3,(H,11,13)/p+1. The van der Waals surface area contributed by atoms with Crippen molar-refractivity contribution in [2.75, 3.05) is 13.1 Å². The monoisotopic (exact) mass is 213 g/mol. The highest BCUT2D eigenvalue weighted by Gasteiger charge is 2.24. The SMILES string of the molecule is C=C(C)C(=O)[NH+](CCNC(C)=O)C(C)=O. The molecule has 84 valence electrons. The van der Waals surface area contributed by atoms with Crippen LogP contribution < -0.4 is 10.2 Å². The lowest BCUT2D eigenvalue weighted by molar-refractivity contribution is -0.734. The molecule has 5 nitrogen and oxygen atoms in total. The van der Waals surface area contributed by atoms with Crippen molar-refractivity contribution in [2.45, 2.75) is 20.8 Å². The summed E-state index contributed by atoms with van der Waals surface area (Å²) in [6, 6.07) is 0. The number of imide groups is 1. The van der Waals surface area contributed by atoms with Crippen LogP contribution in [-0.4, -0.2) is 30.8 Å². The van der Waals surface area contributed by atoms with E-state index in [1.54, 1.807) is 6.92 Å². The van der Waals surface area contributed by atoms with Crippen LogP contribution in [0.1, 0.15) is 20.8 Å². The van der Waals surface area contributed by atoms with Crippen LogP contribution in [0.4, 0.5) is 0 Å². The fraction of sp³-hybridized carbons (Fsp3) is 0.500. The van der Waals surface area contributed by atoms with Crippen LogP contribution in [0.2, 0.25) is 0 Å². The summed E-state index contributed by atoms with van der Waals surface area (Å²) in [4.78, 5) is 33.4. The maximum absolute atomic E-state index is 11.5. The first-order valence-electron chi connectivity index (χ1n) is 4.67. The summed E-state index contributed by atoms with van der Waals surface area (Å²) in [5, 5.41) is 2.53. The number of hydrogen-bond donors (Lipinski definition) is 2. The second-order valence-electron chi connectivity index (χ2n) is 3.38. The molecule has 0 fully saturated rings. The van der Waals surface area contributed by atoms with Crippen molar-refractivity contribution in [3.63, 3.8) is 0 Å². The van der Waals surface area contributed by atoms with E-state index >= 15 is 0 Å². The van der Waals surface area contributed by atoms with E-state index in [-0.39, 0.29) is 29.2 Å². The molecule has 2 N–H and O–H groups in total. The van der Waals surface area contributed by atoms with Gasteiger partial charge in [-0.2, -0.15) is 0 Å². The summed E-state index contributed by atoms with van der Waals surface area (Å²) in [5.41, 5.74) is 0.336. The molecule has 0 aromatic rings. The van der Waals surface area contributed by atoms with Crippen molar-refractivity contribution in [3.05, 3.63) is 12.2 Å². The molecular weight excluding hydrogens is 196 g/mol. The van der Waals surface area contributed by atoms with Crippen LogP contribution in [0, 0.1) is 0 Å². The van der Waals surface area contributed by atoms with Crippen molar-refractivity contribution in [3.8, 4) is 0 Å². The Hall–Kier alpha value is -1.49. The first-order valence-corrected chi connectivity index (χ1v) is 4.67. The Morgan fingerprint density at radius 1 is 1.20 bits per heavy atom. The summed E-state index contributed by atoms with van der Waals surface area (Å²) in [6.45, 7) is 8.32. The van der Waals surface area contributed by atoms with Gasteiger partial charge in [0.15, 0.2) is 0 Å². The lowest BCUT2D eigenvalue weighted by Crippen LogP contribution is -3.17. The predicted molar refractivity (Wildman–Crippen MR) is 55.0 cm³/mol. The minimum atomic E-state index is -0.326. The molecule has 15 heavy (non-hydrogen) atoms. The Balaban J connectivity index is 4.30. The van der Waals surface area contributed by atoms with Crippen LogP contribution >= 0.6 is 0 Å². The number of nitrogens with one attached hydrogen (secondary N) is 2. The molecule has 1 atom stereocenters. The number of rotatable bonds is 4. The Morgan fingerprint density at radius 3 is 2.07 bits per heavy atom. The van der Waals surface area contributed by atoms with Crippen molar-refractivity contribution in [1.29, 1.82) is 0 Å². The molecule has 0 aliphatic heterocycles. The van der Waals surface area contributed by atoms with Gasteiger partial charge in [0.1, 0.15) is 6.54 Å². The van der Waals surface area contributed by atoms with Gasteiger partial charge in [0.05, 0.1) is 13.5 Å². The molecular formula is C10H17N2O3+. The van der Waals surface area contributed by atoms with E-state index < -0.39 is 0 Å². The van der Waals surface area contributed by atoms with Gasteiger partial charge in [0, 0.05) is 12.5 Å². The van der Waals surface area contributed by atoms with Crippen molar-refractivity contribution >= 4 is 17.7 Å². The zero-order valence-electron chi connectivity index (χ0n) is 9.35. The first-order chi connectivity index (χ1) is 6.86. The average molecular weight is 213 g/mol. The van der Waals surface area contributed by atoms with Gasteiger partial charge in [0.2, 0.25) is 5.91 Å². The summed E-state index contributed by atoms with van der Waals surface area (Å²) in [7, 11) is 0. The molecule has 0 aromatic heterocycles. The zero-order valence-corrected chi connectivity index (χ0v) is 9.35. The van der Waals surface area contributed by atoms with Gasteiger partial charge in [-0.05, 0) is 6.92 Å². The molecule has 0 aliphatic carbocycles. The van der Waals surface area contributed by atoms with Gasteiger partial charge in [0.25, 0.3) is 0 Å². The van der Waals surface area contributed by atoms with Crippen LogP contribution in [0.5, 0.6) is 0 Å². The van der Waals surface area contributed by atoms with Crippen molar-refractivity contribution < 1.29 is 19.3 Å². The fourth-order valence-corrected chi connectivity index (χ4v) is 1.07. The largest absolute Gasteiger partial charge is 0.351 e. The van der Waals surface area contributed by atoms with Crippen molar-refractivity contribution in [2.24, 2.45) is 0 Å². The van der Waals surface area contributed by atoms with E-state index in [2.05, 4.69) is 11.9 Å². The van der Waals surface area contributed by atoms with E-state index in [9.17, 15) is 14.4 Å². The molecule has 0 bridgehead atoms. The van der Waals surface area contributed by atoms with Gasteiger partial charge in [-0.3, -0.25) is 4.79 Å². The first kappa shape index (κ1) is 13.5. The molecule has 0 saturated carbocycles. The molecule has 3 amide bonds. The van der Waals surface area contributed by atoms with Gasteiger partial charge in [-0.25, -0.2) is 14.5 Å². The molecule has 5 heteroatoms. The van der Waals surface area contributed by atoms with Gasteiger partial charge in [-0.1, -0.05) is 6.58 Å². The number of carbonyl (C=O) groups excluding carboxylic acids is 3. The minimum Gasteiger partial charge on any atom is -0.351 e. The maximum atomic E-state index is 11.5. The van der Waals surface area contributed by atoms with E-state index in [4.69, 9.17) is 0 Å². The lowest BCUT2D eigenvalue weighted by Gasteiger charge is -2.12. The highest BCUT2D eigenvalue weighted by Crippen LogP contribution is 1.81. The normalized spacial score (nSPS) is 11.7. The van der Waals surface area contributed by atoms with Crippen LogP contribution in [0.25, 0.3) is 0 Å². The Bertz CT molecular complexity index is 297. The third-order valence-electron chi connectivity index (χ3n) is 1.84. The summed E-state index contributed by atoms with van der Waals surface area (Å²) in [6.07, 6.45) is 0. The van der Waals surface area contributed by atoms with Crippen LogP contribution in [0.3, 0.4) is 0 Å². The number of carbonyl (C=O) groups is 3. The molecule has 0 aromatic carbocycles. The van der Waals surface area contributed by atoms with Crippen LogP contribution in [0.15, 0.2) is 12.2 Å². The number of quaternary nitrogens is 1. The zero-order chi connectivity index (χ0) is 12.0. The van der Waals surface area contributed by atoms with Gasteiger partial charge < -0.3 is 5.32 Å². The highest BCUT2D eigenvalue weighted by molar-refractivity contribution is 5.90. The highest BCUT2D eigenvalue weighted by atomic mass is 16.2. The number of amides is 3. The second-order valence-corrected chi connectivity index (χ2v) is 3.38. The van der Waals surface area contributed by atoms with E-state index in [1.165, 1.54) is 13.8 Å². The average Bonchev–Trinajstić information content (AvgIpc) is 2.10. The molecule has 0 heterocycles. The van der Waals surface area contributed by atoms with E-state index in [0.717, 1.165) is 0 Å². The second kappa shape index (κ2) is 6.08. The Kier molecular flexibility index (Phi) is 5.48. The molecule has 0 radical (unpaired) electrons. The van der Waals surface area contributed by atoms with E-state index in [0.29, 0.717) is 12.1 Å². The quantitative estimate of drug-likeness (QED) is 0.568. The molecule has 0 aliphatic rings. The smallest absolute Gasteiger partial charge is 0.346 e. The van der Waals surface area contributed by atoms with Gasteiger partial charge in [-0.15, -0.1) is 0 Å². The fourth-order valence-electron chi connectivity index (χ4n) is 1.07. The molecule has 0 spiro atoms. The van der Waals surface area contributed by atoms with Crippen molar-refractivity contribution in [1.82, 2.24) is 5.32 Å². The third kappa shape index (κ3) is 5.07. The summed E-state index contributed by atoms with van der Waals surface area (Å²) in [5.74, 6) is -0.776. The molecule has 0 rings (SSSR count). The minimum absolute atomic E-state index is 0.180. The van der Waals surface area contributed by atoms with E-state index in [1.807, 2.05) is 0 Å². The Labute approximate surface area is 89.1 Å². The molecule has 0 saturated heterocycles. The van der Waals surface area contributed by atoms with Crippen LogP contribution in [-0.2, 0) is 14.4 Å². The Morgan fingerprint density at radius 2 is 1.73 bits per heavy atom. The predicted octanol–water partition coefficient (Wildman–Crippen LogP) is -1.34. The topological polar surface area (TPSA) is 67.7 Å². The maximum Gasteiger partial charge on any atom is 0.346 e. The molecule has 1 unspecified atom stereocenters. The lowest BCUT2D eigenvalue weighted by atomic mass is 10.3. The summed E-state index contributed by atoms with van der Waals surface area (Å²) >= 11 is 0. The summed E-state index contributed by atoms with van der Waals surface area (Å²) < 4.78 is 0. The van der Waals surface area contributed by atoms with Gasteiger partial charge >= 0.3 is 11.8 Å². The number of hydrogen-bond acceptors (Lipinski definition) is 3.